The molecular weight excluding hydrogens is 250 g/mol. The van der Waals surface area contributed by atoms with Crippen LogP contribution < -0.4 is 0 Å². The lowest BCUT2D eigenvalue weighted by molar-refractivity contribution is -0.148. The van der Waals surface area contributed by atoms with E-state index >= 15 is 0 Å². The lowest BCUT2D eigenvalue weighted by Gasteiger charge is -2.23. The summed E-state index contributed by atoms with van der Waals surface area (Å²) in [6, 6.07) is 4.56. The highest BCUT2D eigenvalue weighted by Crippen LogP contribution is 2.22. The van der Waals surface area contributed by atoms with Gasteiger partial charge in [-0.2, -0.15) is 0 Å². The molecule has 1 unspecified atom stereocenters. The van der Waals surface area contributed by atoms with E-state index in [1.165, 1.54) is 4.88 Å². The zero-order chi connectivity index (χ0) is 13.4. The SMILES string of the molecule is CCOC(=O)COCCN(C)C(C)c1cccs1. The number of thiophene rings is 1. The summed E-state index contributed by atoms with van der Waals surface area (Å²) in [6.45, 7) is 5.71. The molecule has 1 heterocycles. The van der Waals surface area contributed by atoms with E-state index in [0.29, 0.717) is 19.3 Å². The summed E-state index contributed by atoms with van der Waals surface area (Å²) < 4.78 is 10.1. The molecule has 0 bridgehead atoms. The average molecular weight is 271 g/mol. The summed E-state index contributed by atoms with van der Waals surface area (Å²) in [5.74, 6) is -0.300. The van der Waals surface area contributed by atoms with Crippen LogP contribution in [0.2, 0.25) is 0 Å². The molecule has 0 aromatic carbocycles. The summed E-state index contributed by atoms with van der Waals surface area (Å²) in [7, 11) is 2.05. The molecule has 0 saturated heterocycles. The normalized spacial score (nSPS) is 12.7. The lowest BCUT2D eigenvalue weighted by Crippen LogP contribution is -2.27. The van der Waals surface area contributed by atoms with Gasteiger partial charge in [0.2, 0.25) is 0 Å². The minimum atomic E-state index is -0.300. The molecule has 1 aromatic rings. The Morgan fingerprint density at radius 1 is 1.56 bits per heavy atom. The molecule has 1 aromatic heterocycles. The fraction of sp³-hybridized carbons (Fsp3) is 0.615. The monoisotopic (exact) mass is 271 g/mol. The first-order chi connectivity index (χ1) is 8.65. The number of carbonyl (C=O) groups excluding carboxylic acids is 1. The molecule has 102 valence electrons. The van der Waals surface area contributed by atoms with E-state index in [4.69, 9.17) is 9.47 Å². The molecule has 18 heavy (non-hydrogen) atoms. The molecule has 0 N–H and O–H groups in total. The largest absolute Gasteiger partial charge is 0.464 e. The van der Waals surface area contributed by atoms with Crippen molar-refractivity contribution in [3.05, 3.63) is 22.4 Å². The van der Waals surface area contributed by atoms with Gasteiger partial charge in [-0.25, -0.2) is 4.79 Å². The molecule has 1 atom stereocenters. The van der Waals surface area contributed by atoms with Crippen LogP contribution in [-0.4, -0.2) is 44.3 Å². The van der Waals surface area contributed by atoms with E-state index in [1.54, 1.807) is 18.3 Å². The van der Waals surface area contributed by atoms with Crippen LogP contribution in [0.25, 0.3) is 0 Å². The van der Waals surface area contributed by atoms with Crippen molar-refractivity contribution in [1.29, 1.82) is 0 Å². The first-order valence-electron chi connectivity index (χ1n) is 6.12. The zero-order valence-electron chi connectivity index (χ0n) is 11.2. The molecule has 0 radical (unpaired) electrons. The fourth-order valence-electron chi connectivity index (χ4n) is 1.51. The first-order valence-corrected chi connectivity index (χ1v) is 7.00. The Morgan fingerprint density at radius 3 is 2.94 bits per heavy atom. The van der Waals surface area contributed by atoms with Crippen molar-refractivity contribution in [2.75, 3.05) is 33.4 Å². The maximum Gasteiger partial charge on any atom is 0.332 e. The second kappa shape index (κ2) is 8.24. The van der Waals surface area contributed by atoms with Crippen LogP contribution in [0, 0.1) is 0 Å². The Balaban J connectivity index is 2.17. The van der Waals surface area contributed by atoms with Gasteiger partial charge in [-0.1, -0.05) is 6.07 Å². The van der Waals surface area contributed by atoms with Crippen molar-refractivity contribution in [2.45, 2.75) is 19.9 Å². The van der Waals surface area contributed by atoms with Crippen LogP contribution in [0.15, 0.2) is 17.5 Å². The maximum absolute atomic E-state index is 11.0. The summed E-state index contributed by atoms with van der Waals surface area (Å²) in [6.07, 6.45) is 0. The predicted octanol–water partition coefficient (Wildman–Crippen LogP) is 2.32. The highest BCUT2D eigenvalue weighted by molar-refractivity contribution is 7.10. The van der Waals surface area contributed by atoms with Crippen molar-refractivity contribution in [2.24, 2.45) is 0 Å². The van der Waals surface area contributed by atoms with Crippen LogP contribution in [0.3, 0.4) is 0 Å². The molecule has 0 amide bonds. The molecule has 0 fully saturated rings. The van der Waals surface area contributed by atoms with E-state index in [1.807, 2.05) is 0 Å². The Labute approximate surface area is 113 Å². The second-order valence-electron chi connectivity index (χ2n) is 4.03. The molecule has 0 aliphatic carbocycles. The van der Waals surface area contributed by atoms with E-state index < -0.39 is 0 Å². The third kappa shape index (κ3) is 5.16. The highest BCUT2D eigenvalue weighted by Gasteiger charge is 2.12. The van der Waals surface area contributed by atoms with Gasteiger partial charge in [-0.15, -0.1) is 11.3 Å². The predicted molar refractivity (Wildman–Crippen MR) is 72.8 cm³/mol. The quantitative estimate of drug-likeness (QED) is 0.537. The Bertz CT molecular complexity index is 340. The Morgan fingerprint density at radius 2 is 2.33 bits per heavy atom. The molecule has 0 spiro atoms. The summed E-state index contributed by atoms with van der Waals surface area (Å²) in [4.78, 5) is 14.6. The van der Waals surface area contributed by atoms with Gasteiger partial charge in [0.1, 0.15) is 6.61 Å². The van der Waals surface area contributed by atoms with Crippen LogP contribution >= 0.6 is 11.3 Å². The van der Waals surface area contributed by atoms with Gasteiger partial charge in [-0.3, -0.25) is 4.90 Å². The Kier molecular flexibility index (Phi) is 6.93. The summed E-state index contributed by atoms with van der Waals surface area (Å²) >= 11 is 1.75. The van der Waals surface area contributed by atoms with Crippen LogP contribution in [0.1, 0.15) is 24.8 Å². The number of ether oxygens (including phenoxy) is 2. The highest BCUT2D eigenvalue weighted by atomic mass is 32.1. The molecule has 5 heteroatoms. The Hall–Kier alpha value is -0.910. The van der Waals surface area contributed by atoms with Gasteiger partial charge in [-0.05, 0) is 32.3 Å². The number of carbonyl (C=O) groups is 1. The third-order valence-corrected chi connectivity index (χ3v) is 3.77. The molecule has 4 nitrogen and oxygen atoms in total. The van der Waals surface area contributed by atoms with Crippen LogP contribution in [0.5, 0.6) is 0 Å². The van der Waals surface area contributed by atoms with Crippen molar-refractivity contribution >= 4 is 17.3 Å². The smallest absolute Gasteiger partial charge is 0.332 e. The molecule has 0 aliphatic heterocycles. The third-order valence-electron chi connectivity index (χ3n) is 2.73. The topological polar surface area (TPSA) is 38.8 Å². The summed E-state index contributed by atoms with van der Waals surface area (Å²) in [5.41, 5.74) is 0. The minimum Gasteiger partial charge on any atom is -0.464 e. The molecule has 0 saturated carbocycles. The molecule has 1 rings (SSSR count). The van der Waals surface area contributed by atoms with E-state index in [0.717, 1.165) is 6.54 Å². The van der Waals surface area contributed by atoms with Gasteiger partial charge < -0.3 is 9.47 Å². The van der Waals surface area contributed by atoms with Crippen molar-refractivity contribution < 1.29 is 14.3 Å². The standard InChI is InChI=1S/C13H21NO3S/c1-4-17-13(15)10-16-8-7-14(3)11(2)12-6-5-9-18-12/h5-6,9,11H,4,7-8,10H2,1-3H3. The summed E-state index contributed by atoms with van der Waals surface area (Å²) in [5, 5.41) is 2.08. The van der Waals surface area contributed by atoms with Gasteiger partial charge in [0.15, 0.2) is 0 Å². The minimum absolute atomic E-state index is 0.0368. The van der Waals surface area contributed by atoms with E-state index in [9.17, 15) is 4.79 Å². The van der Waals surface area contributed by atoms with Crippen LogP contribution in [0.4, 0.5) is 0 Å². The van der Waals surface area contributed by atoms with Gasteiger partial charge in [0.05, 0.1) is 13.2 Å². The molecule has 0 aliphatic rings. The van der Waals surface area contributed by atoms with Gasteiger partial charge in [0, 0.05) is 17.5 Å². The number of hydrogen-bond acceptors (Lipinski definition) is 5. The maximum atomic E-state index is 11.0. The van der Waals surface area contributed by atoms with Crippen LogP contribution in [-0.2, 0) is 14.3 Å². The number of nitrogens with zero attached hydrogens (tertiary/aromatic N) is 1. The van der Waals surface area contributed by atoms with Crippen molar-refractivity contribution in [3.8, 4) is 0 Å². The van der Waals surface area contributed by atoms with Gasteiger partial charge in [0.25, 0.3) is 0 Å². The number of likely N-dealkylation sites (N-methyl/N-ethyl adjacent to an activating group) is 1. The number of rotatable bonds is 8. The molecular formula is C13H21NO3S. The fourth-order valence-corrected chi connectivity index (χ4v) is 2.35. The van der Waals surface area contributed by atoms with E-state index in [-0.39, 0.29) is 12.6 Å². The number of esters is 1. The second-order valence-corrected chi connectivity index (χ2v) is 5.01. The van der Waals surface area contributed by atoms with E-state index in [2.05, 4.69) is 36.4 Å². The average Bonchev–Trinajstić information content (AvgIpc) is 2.87. The van der Waals surface area contributed by atoms with Crippen molar-refractivity contribution in [1.82, 2.24) is 4.90 Å². The van der Waals surface area contributed by atoms with Gasteiger partial charge >= 0.3 is 5.97 Å². The zero-order valence-corrected chi connectivity index (χ0v) is 12.0. The lowest BCUT2D eigenvalue weighted by atomic mass is 10.2. The number of hydrogen-bond donors (Lipinski definition) is 0. The first kappa shape index (κ1) is 15.1. The van der Waals surface area contributed by atoms with Crippen molar-refractivity contribution in [3.63, 3.8) is 0 Å².